The molecule has 158 valence electrons. The molecule has 0 spiro atoms. The normalized spacial score (nSPS) is 16.4. The van der Waals surface area contributed by atoms with Gasteiger partial charge in [-0.15, -0.1) is 0 Å². The van der Waals surface area contributed by atoms with E-state index in [0.29, 0.717) is 42.2 Å². The maximum atomic E-state index is 14.3. The minimum absolute atomic E-state index is 0.169. The molecule has 1 fully saturated rings. The van der Waals surface area contributed by atoms with E-state index in [-0.39, 0.29) is 5.75 Å². The van der Waals surface area contributed by atoms with Gasteiger partial charge in [-0.3, -0.25) is 9.56 Å². The second kappa shape index (κ2) is 6.49. The third-order valence-electron chi connectivity index (χ3n) is 5.96. The highest BCUT2D eigenvalue weighted by molar-refractivity contribution is 6.17. The highest BCUT2D eigenvalue weighted by Crippen LogP contribution is 2.44. The Morgan fingerprint density at radius 2 is 1.94 bits per heavy atom. The summed E-state index contributed by atoms with van der Waals surface area (Å²) in [5, 5.41) is 4.19. The summed E-state index contributed by atoms with van der Waals surface area (Å²) in [6, 6.07) is 12.1. The van der Waals surface area contributed by atoms with E-state index in [0.717, 1.165) is 35.7 Å². The van der Waals surface area contributed by atoms with Gasteiger partial charge < -0.3 is 14.2 Å². The summed E-state index contributed by atoms with van der Waals surface area (Å²) < 4.78 is 27.7. The van der Waals surface area contributed by atoms with Crippen molar-refractivity contribution in [2.24, 2.45) is 4.99 Å². The van der Waals surface area contributed by atoms with Crippen LogP contribution in [0.3, 0.4) is 0 Å². The van der Waals surface area contributed by atoms with Crippen LogP contribution in [0.15, 0.2) is 58.3 Å². The van der Waals surface area contributed by atoms with E-state index in [1.165, 1.54) is 6.07 Å². The number of hydrogen-bond acceptors (Lipinski definition) is 7. The van der Waals surface area contributed by atoms with E-state index in [1.807, 2.05) is 22.8 Å². The Morgan fingerprint density at radius 3 is 2.81 bits per heavy atom. The van der Waals surface area contributed by atoms with E-state index in [9.17, 15) is 4.39 Å². The Labute approximate surface area is 182 Å². The first kappa shape index (κ1) is 17.6. The third-order valence-corrected chi connectivity index (χ3v) is 5.96. The lowest BCUT2D eigenvalue weighted by Crippen LogP contribution is -2.35. The van der Waals surface area contributed by atoms with Crippen molar-refractivity contribution < 1.29 is 13.7 Å². The number of hydrogen-bond donors (Lipinski definition) is 0. The number of benzene rings is 2. The van der Waals surface area contributed by atoms with Crippen molar-refractivity contribution in [2.45, 2.75) is 18.8 Å². The SMILES string of the molecule is Fc1ccccc1Oc1cccc2c1C1=NCCN1c1c(-c3noc(C4CC4)n3)ncn1-2. The quantitative estimate of drug-likeness (QED) is 0.482. The number of fused-ring (bicyclic) bond motifs is 6. The third kappa shape index (κ3) is 2.54. The minimum atomic E-state index is -0.416. The first-order valence-electron chi connectivity index (χ1n) is 10.6. The second-order valence-corrected chi connectivity index (χ2v) is 8.06. The van der Waals surface area contributed by atoms with Crippen molar-refractivity contribution >= 4 is 11.7 Å². The molecule has 0 amide bonds. The predicted octanol–water partition coefficient (Wildman–Crippen LogP) is 4.31. The highest BCUT2D eigenvalue weighted by Gasteiger charge is 2.38. The van der Waals surface area contributed by atoms with Gasteiger partial charge in [0.1, 0.15) is 17.9 Å². The second-order valence-electron chi connectivity index (χ2n) is 8.06. The first-order valence-corrected chi connectivity index (χ1v) is 10.6. The van der Waals surface area contributed by atoms with Gasteiger partial charge in [0.05, 0.1) is 17.8 Å². The van der Waals surface area contributed by atoms with Crippen LogP contribution in [0.1, 0.15) is 30.2 Å². The molecule has 4 heterocycles. The largest absolute Gasteiger partial charge is 0.453 e. The highest BCUT2D eigenvalue weighted by atomic mass is 19.1. The molecule has 1 aliphatic carbocycles. The number of amidine groups is 1. The molecule has 0 unspecified atom stereocenters. The molecule has 0 saturated heterocycles. The summed E-state index contributed by atoms with van der Waals surface area (Å²) in [5.41, 5.74) is 2.31. The number of anilines is 1. The van der Waals surface area contributed by atoms with Crippen LogP contribution < -0.4 is 9.64 Å². The summed E-state index contributed by atoms with van der Waals surface area (Å²) in [6.07, 6.45) is 3.92. The van der Waals surface area contributed by atoms with Crippen molar-refractivity contribution in [1.29, 1.82) is 0 Å². The van der Waals surface area contributed by atoms with Gasteiger partial charge in [-0.25, -0.2) is 9.37 Å². The number of rotatable bonds is 4. The van der Waals surface area contributed by atoms with E-state index in [2.05, 4.69) is 20.0 Å². The molecule has 32 heavy (non-hydrogen) atoms. The van der Waals surface area contributed by atoms with Gasteiger partial charge in [0.2, 0.25) is 11.7 Å². The van der Waals surface area contributed by atoms with Crippen molar-refractivity contribution in [1.82, 2.24) is 19.7 Å². The van der Waals surface area contributed by atoms with E-state index >= 15 is 0 Å². The van der Waals surface area contributed by atoms with Crippen molar-refractivity contribution in [2.75, 3.05) is 18.0 Å². The van der Waals surface area contributed by atoms with Crippen molar-refractivity contribution in [3.8, 4) is 28.7 Å². The zero-order valence-electron chi connectivity index (χ0n) is 16.9. The van der Waals surface area contributed by atoms with Gasteiger partial charge in [-0.05, 0) is 37.1 Å². The molecule has 2 aliphatic heterocycles. The molecule has 0 bridgehead atoms. The molecular weight excluding hydrogens is 411 g/mol. The Balaban J connectivity index is 1.38. The fourth-order valence-corrected chi connectivity index (χ4v) is 4.30. The lowest BCUT2D eigenvalue weighted by molar-refractivity contribution is 0.380. The van der Waals surface area contributed by atoms with E-state index < -0.39 is 5.82 Å². The lowest BCUT2D eigenvalue weighted by Gasteiger charge is -2.30. The number of aromatic nitrogens is 4. The van der Waals surface area contributed by atoms with E-state index in [4.69, 9.17) is 14.3 Å². The molecule has 4 aromatic rings. The number of para-hydroxylation sites is 1. The molecule has 7 rings (SSSR count). The molecule has 8 nitrogen and oxygen atoms in total. The van der Waals surface area contributed by atoms with Crippen LogP contribution >= 0.6 is 0 Å². The molecule has 2 aromatic carbocycles. The van der Waals surface area contributed by atoms with Gasteiger partial charge >= 0.3 is 0 Å². The Morgan fingerprint density at radius 1 is 1.06 bits per heavy atom. The number of nitrogens with zero attached hydrogens (tertiary/aromatic N) is 6. The van der Waals surface area contributed by atoms with Crippen LogP contribution in [0, 0.1) is 5.82 Å². The number of imidazole rings is 1. The van der Waals surface area contributed by atoms with Crippen LogP contribution in [0.2, 0.25) is 0 Å². The number of halogens is 1. The molecule has 9 heteroatoms. The Hall–Kier alpha value is -4.01. The summed E-state index contributed by atoms with van der Waals surface area (Å²) in [6.45, 7) is 1.32. The fraction of sp³-hybridized carbons (Fsp3) is 0.217. The zero-order chi connectivity index (χ0) is 21.2. The summed E-state index contributed by atoms with van der Waals surface area (Å²) in [7, 11) is 0. The molecule has 0 N–H and O–H groups in total. The number of ether oxygens (including phenoxy) is 1. The maximum absolute atomic E-state index is 14.3. The topological polar surface area (TPSA) is 81.6 Å². The molecular formula is C23H17FN6O2. The molecule has 3 aliphatic rings. The smallest absolute Gasteiger partial charge is 0.230 e. The van der Waals surface area contributed by atoms with Crippen LogP contribution in [-0.4, -0.2) is 38.6 Å². The van der Waals surface area contributed by atoms with Gasteiger partial charge in [0.25, 0.3) is 0 Å². The summed E-state index contributed by atoms with van der Waals surface area (Å²) >= 11 is 0. The van der Waals surface area contributed by atoms with Crippen molar-refractivity contribution in [3.05, 3.63) is 66.1 Å². The van der Waals surface area contributed by atoms with Gasteiger partial charge in [-0.2, -0.15) is 4.98 Å². The number of aliphatic imine (C=N–C) groups is 1. The van der Waals surface area contributed by atoms with Gasteiger partial charge in [-0.1, -0.05) is 23.4 Å². The molecule has 2 aromatic heterocycles. The minimum Gasteiger partial charge on any atom is -0.453 e. The average molecular weight is 428 g/mol. The molecule has 1 saturated carbocycles. The van der Waals surface area contributed by atoms with Crippen LogP contribution in [0.4, 0.5) is 10.2 Å². The monoisotopic (exact) mass is 428 g/mol. The lowest BCUT2D eigenvalue weighted by atomic mass is 10.1. The van der Waals surface area contributed by atoms with Crippen LogP contribution in [0.5, 0.6) is 11.5 Å². The fourth-order valence-electron chi connectivity index (χ4n) is 4.30. The average Bonchev–Trinajstić information content (AvgIpc) is 3.19. The van der Waals surface area contributed by atoms with Crippen molar-refractivity contribution in [3.63, 3.8) is 0 Å². The van der Waals surface area contributed by atoms with Crippen LogP contribution in [-0.2, 0) is 0 Å². The maximum Gasteiger partial charge on any atom is 0.230 e. The first-order chi connectivity index (χ1) is 15.8. The summed E-state index contributed by atoms with van der Waals surface area (Å²) in [5.74, 6) is 3.44. The standard InChI is InChI=1S/C23H17FN6O2/c24-14-4-1-2-6-16(14)31-17-7-3-5-15-18(17)21-25-10-11-29(21)23-19(26-12-30(15)23)20-27-22(32-28-20)13-8-9-13/h1-7,12-13H,8-11H2. The Bertz CT molecular complexity index is 1400. The Kier molecular flexibility index (Phi) is 3.58. The molecule has 0 atom stereocenters. The predicted molar refractivity (Wildman–Crippen MR) is 114 cm³/mol. The summed E-state index contributed by atoms with van der Waals surface area (Å²) in [4.78, 5) is 16.1. The van der Waals surface area contributed by atoms with E-state index in [1.54, 1.807) is 24.5 Å². The van der Waals surface area contributed by atoms with Gasteiger partial charge in [0.15, 0.2) is 23.1 Å². The van der Waals surface area contributed by atoms with Gasteiger partial charge in [0, 0.05) is 12.5 Å². The van der Waals surface area contributed by atoms with Crippen LogP contribution in [0.25, 0.3) is 17.2 Å². The molecule has 0 radical (unpaired) electrons. The zero-order valence-corrected chi connectivity index (χ0v) is 16.9.